The van der Waals surface area contributed by atoms with Gasteiger partial charge in [-0.15, -0.1) is 6.42 Å². The fourth-order valence-electron chi connectivity index (χ4n) is 2.24. The third-order valence-electron chi connectivity index (χ3n) is 3.63. The summed E-state index contributed by atoms with van der Waals surface area (Å²) in [6, 6.07) is 10.9. The molecule has 0 heterocycles. The number of nitrogens with one attached hydrogen (secondary N) is 2. The standard InChI is InChI=1S/C21H20FN3O4/c1-3-12-29-18-9-8-15(13-19(18)28-2)14-23-25-21(27)11-10-20(26)24-17-7-5-4-6-16(17)22/h1,4-9,13-14H,10-12H2,2H3,(H,24,26)(H,25,27). The van der Waals surface area contributed by atoms with Gasteiger partial charge in [0.05, 0.1) is 19.0 Å². The van der Waals surface area contributed by atoms with Crippen molar-refractivity contribution in [1.29, 1.82) is 0 Å². The molecule has 2 aromatic rings. The zero-order valence-electron chi connectivity index (χ0n) is 15.8. The van der Waals surface area contributed by atoms with Crippen molar-refractivity contribution < 1.29 is 23.5 Å². The van der Waals surface area contributed by atoms with Crippen molar-refractivity contribution in [1.82, 2.24) is 5.43 Å². The van der Waals surface area contributed by atoms with Crippen LogP contribution in [0.4, 0.5) is 10.1 Å². The van der Waals surface area contributed by atoms with Crippen LogP contribution in [0.2, 0.25) is 0 Å². The van der Waals surface area contributed by atoms with Gasteiger partial charge in [-0.3, -0.25) is 9.59 Å². The highest BCUT2D eigenvalue weighted by molar-refractivity contribution is 5.93. The Morgan fingerprint density at radius 2 is 1.93 bits per heavy atom. The molecule has 2 amide bonds. The van der Waals surface area contributed by atoms with E-state index in [9.17, 15) is 14.0 Å². The first-order valence-electron chi connectivity index (χ1n) is 8.64. The predicted molar refractivity (Wildman–Crippen MR) is 107 cm³/mol. The number of anilines is 1. The lowest BCUT2D eigenvalue weighted by atomic mass is 10.2. The molecule has 0 aliphatic carbocycles. The van der Waals surface area contributed by atoms with Crippen molar-refractivity contribution in [2.45, 2.75) is 12.8 Å². The molecule has 0 aliphatic rings. The molecule has 0 atom stereocenters. The molecule has 0 saturated carbocycles. The molecule has 0 fully saturated rings. The van der Waals surface area contributed by atoms with E-state index in [1.165, 1.54) is 31.5 Å². The van der Waals surface area contributed by atoms with Crippen molar-refractivity contribution >= 4 is 23.7 Å². The van der Waals surface area contributed by atoms with Gasteiger partial charge in [0.1, 0.15) is 12.4 Å². The van der Waals surface area contributed by atoms with E-state index >= 15 is 0 Å². The van der Waals surface area contributed by atoms with Crippen molar-refractivity contribution in [3.63, 3.8) is 0 Å². The molecule has 2 aromatic carbocycles. The number of hydrazone groups is 1. The highest BCUT2D eigenvalue weighted by Crippen LogP contribution is 2.27. The molecule has 150 valence electrons. The van der Waals surface area contributed by atoms with Crippen LogP contribution in [-0.4, -0.2) is 31.7 Å². The lowest BCUT2D eigenvalue weighted by molar-refractivity contribution is -0.124. The lowest BCUT2D eigenvalue weighted by Gasteiger charge is -2.09. The average Bonchev–Trinajstić information content (AvgIpc) is 2.72. The maximum Gasteiger partial charge on any atom is 0.240 e. The van der Waals surface area contributed by atoms with E-state index in [0.29, 0.717) is 17.1 Å². The molecule has 0 aromatic heterocycles. The van der Waals surface area contributed by atoms with Gasteiger partial charge in [-0.05, 0) is 35.9 Å². The number of halogens is 1. The van der Waals surface area contributed by atoms with Gasteiger partial charge in [0.15, 0.2) is 11.5 Å². The molecule has 0 spiro atoms. The van der Waals surface area contributed by atoms with E-state index < -0.39 is 17.6 Å². The fraction of sp³-hybridized carbons (Fsp3) is 0.190. The minimum absolute atomic E-state index is 0.0690. The van der Waals surface area contributed by atoms with Crippen molar-refractivity contribution in [2.24, 2.45) is 5.10 Å². The van der Waals surface area contributed by atoms with E-state index in [2.05, 4.69) is 21.8 Å². The summed E-state index contributed by atoms with van der Waals surface area (Å²) in [7, 11) is 1.49. The van der Waals surface area contributed by atoms with E-state index in [4.69, 9.17) is 15.9 Å². The Morgan fingerprint density at radius 1 is 1.17 bits per heavy atom. The second kappa shape index (κ2) is 11.1. The zero-order chi connectivity index (χ0) is 21.1. The van der Waals surface area contributed by atoms with Crippen LogP contribution >= 0.6 is 0 Å². The quantitative estimate of drug-likeness (QED) is 0.387. The Labute approximate surface area is 167 Å². The second-order valence-corrected chi connectivity index (χ2v) is 5.72. The highest BCUT2D eigenvalue weighted by atomic mass is 19.1. The van der Waals surface area contributed by atoms with Gasteiger partial charge < -0.3 is 14.8 Å². The normalized spacial score (nSPS) is 10.2. The predicted octanol–water partition coefficient (Wildman–Crippen LogP) is 2.72. The molecule has 29 heavy (non-hydrogen) atoms. The van der Waals surface area contributed by atoms with Crippen LogP contribution in [0, 0.1) is 18.2 Å². The molecule has 2 N–H and O–H groups in total. The van der Waals surface area contributed by atoms with Crippen molar-refractivity contribution in [3.8, 4) is 23.8 Å². The minimum atomic E-state index is -0.541. The van der Waals surface area contributed by atoms with Gasteiger partial charge in [-0.1, -0.05) is 18.1 Å². The Bertz CT molecular complexity index is 938. The number of terminal acetylenes is 1. The van der Waals surface area contributed by atoms with Crippen LogP contribution in [0.15, 0.2) is 47.6 Å². The summed E-state index contributed by atoms with van der Waals surface area (Å²) in [6.45, 7) is 0.115. The van der Waals surface area contributed by atoms with E-state index in [1.54, 1.807) is 24.3 Å². The van der Waals surface area contributed by atoms with Crippen LogP contribution in [0.5, 0.6) is 11.5 Å². The van der Waals surface area contributed by atoms with E-state index in [-0.39, 0.29) is 25.1 Å². The first-order valence-corrected chi connectivity index (χ1v) is 8.64. The number of hydrogen-bond acceptors (Lipinski definition) is 5. The van der Waals surface area contributed by atoms with E-state index in [1.807, 2.05) is 0 Å². The summed E-state index contributed by atoms with van der Waals surface area (Å²) < 4.78 is 24.0. The molecule has 0 saturated heterocycles. The van der Waals surface area contributed by atoms with Gasteiger partial charge in [-0.2, -0.15) is 5.10 Å². The summed E-state index contributed by atoms with van der Waals surface area (Å²) in [5, 5.41) is 6.25. The maximum absolute atomic E-state index is 13.5. The Morgan fingerprint density at radius 3 is 2.66 bits per heavy atom. The van der Waals surface area contributed by atoms with Crippen LogP contribution in [0.25, 0.3) is 0 Å². The topological polar surface area (TPSA) is 89.0 Å². The summed E-state index contributed by atoms with van der Waals surface area (Å²) in [6.07, 6.45) is 6.38. The number of carbonyl (C=O) groups is 2. The summed E-state index contributed by atoms with van der Waals surface area (Å²) in [5.41, 5.74) is 3.05. The number of amides is 2. The van der Waals surface area contributed by atoms with E-state index in [0.717, 1.165) is 0 Å². The third-order valence-corrected chi connectivity index (χ3v) is 3.63. The minimum Gasteiger partial charge on any atom is -0.493 e. The number of carbonyl (C=O) groups excluding carboxylic acids is 2. The van der Waals surface area contributed by atoms with Gasteiger partial charge in [0, 0.05) is 12.8 Å². The van der Waals surface area contributed by atoms with Crippen molar-refractivity contribution in [2.75, 3.05) is 19.0 Å². The molecule has 0 bridgehead atoms. The molecular weight excluding hydrogens is 377 g/mol. The largest absolute Gasteiger partial charge is 0.493 e. The number of rotatable bonds is 9. The van der Waals surface area contributed by atoms with Crippen molar-refractivity contribution in [3.05, 3.63) is 53.8 Å². The number of ether oxygens (including phenoxy) is 2. The lowest BCUT2D eigenvalue weighted by Crippen LogP contribution is -2.21. The van der Waals surface area contributed by atoms with Crippen LogP contribution in [0.3, 0.4) is 0 Å². The number of para-hydroxylation sites is 1. The SMILES string of the molecule is C#CCOc1ccc(C=NNC(=O)CCC(=O)Nc2ccccc2F)cc1OC. The molecule has 8 heteroatoms. The monoisotopic (exact) mass is 397 g/mol. The first kappa shape index (κ1) is 21.4. The fourth-order valence-corrected chi connectivity index (χ4v) is 2.24. The highest BCUT2D eigenvalue weighted by Gasteiger charge is 2.09. The smallest absolute Gasteiger partial charge is 0.240 e. The molecule has 0 aliphatic heterocycles. The molecular formula is C21H20FN3O4. The maximum atomic E-state index is 13.5. The van der Waals surface area contributed by atoms with Crippen LogP contribution in [0.1, 0.15) is 18.4 Å². The van der Waals surface area contributed by atoms with Crippen LogP contribution < -0.4 is 20.2 Å². The number of nitrogens with zero attached hydrogens (tertiary/aromatic N) is 1. The number of methoxy groups -OCH3 is 1. The van der Waals surface area contributed by atoms with Gasteiger partial charge in [0.2, 0.25) is 11.8 Å². The number of benzene rings is 2. The Balaban J connectivity index is 1.81. The van der Waals surface area contributed by atoms with Crippen LogP contribution in [-0.2, 0) is 9.59 Å². The molecule has 0 unspecified atom stereocenters. The number of hydrogen-bond donors (Lipinski definition) is 2. The second-order valence-electron chi connectivity index (χ2n) is 5.72. The van der Waals surface area contributed by atoms with Gasteiger partial charge >= 0.3 is 0 Å². The summed E-state index contributed by atoms with van der Waals surface area (Å²) in [4.78, 5) is 23.6. The summed E-state index contributed by atoms with van der Waals surface area (Å²) >= 11 is 0. The van der Waals surface area contributed by atoms with Gasteiger partial charge in [-0.25, -0.2) is 9.82 Å². The molecule has 0 radical (unpaired) electrons. The average molecular weight is 397 g/mol. The third kappa shape index (κ3) is 6.99. The Hall–Kier alpha value is -3.86. The summed E-state index contributed by atoms with van der Waals surface area (Å²) in [5.74, 6) is 1.87. The zero-order valence-corrected chi connectivity index (χ0v) is 15.8. The first-order chi connectivity index (χ1) is 14.0. The molecule has 2 rings (SSSR count). The Kier molecular flexibility index (Phi) is 8.20. The van der Waals surface area contributed by atoms with Gasteiger partial charge in [0.25, 0.3) is 0 Å². The molecule has 7 nitrogen and oxygen atoms in total.